The number of benzene rings is 2. The third kappa shape index (κ3) is 6.92. The lowest BCUT2D eigenvalue weighted by Crippen LogP contribution is -2.41. The Morgan fingerprint density at radius 3 is 1.94 bits per heavy atom. The Hall–Kier alpha value is -3.19. The largest absolute Gasteiger partial charge is 0.460 e. The number of hydrogen-bond donors (Lipinski definition) is 0. The summed E-state index contributed by atoms with van der Waals surface area (Å²) >= 11 is 0. The fourth-order valence-electron chi connectivity index (χ4n) is 2.69. The predicted octanol–water partition coefficient (Wildman–Crippen LogP) is 4.29. The van der Waals surface area contributed by atoms with Crippen LogP contribution in [0.5, 0.6) is 0 Å². The number of rotatable bonds is 9. The molecule has 0 fully saturated rings. The first-order valence-corrected chi connectivity index (χ1v) is 11.7. The summed E-state index contributed by atoms with van der Waals surface area (Å²) in [6, 6.07) is 15.3. The molecule has 6 nitrogen and oxygen atoms in total. The van der Waals surface area contributed by atoms with Gasteiger partial charge < -0.3 is 9.47 Å². The zero-order valence-electron chi connectivity index (χ0n) is 18.7. The topological polar surface area (TPSA) is 86.7 Å². The summed E-state index contributed by atoms with van der Waals surface area (Å²) in [4.78, 5) is 25.3. The van der Waals surface area contributed by atoms with Crippen molar-refractivity contribution >= 4 is 27.9 Å². The summed E-state index contributed by atoms with van der Waals surface area (Å²) < 4.78 is 36.6. The second-order valence-electron chi connectivity index (χ2n) is 7.49. The zero-order valence-corrected chi connectivity index (χ0v) is 19.5. The molecule has 2 aromatic carbocycles. The molecule has 0 aliphatic heterocycles. The molecule has 2 rings (SSSR count). The highest BCUT2D eigenvalue weighted by atomic mass is 32.2. The van der Waals surface area contributed by atoms with Crippen LogP contribution in [0.3, 0.4) is 0 Å². The number of allylic oxidation sites excluding steroid dienone is 1. The highest BCUT2D eigenvalue weighted by Gasteiger charge is 2.43. The van der Waals surface area contributed by atoms with Gasteiger partial charge in [0.05, 0.1) is 4.90 Å². The van der Waals surface area contributed by atoms with Gasteiger partial charge in [0.25, 0.3) is 5.25 Å². The first-order valence-electron chi connectivity index (χ1n) is 10.1. The van der Waals surface area contributed by atoms with Gasteiger partial charge >= 0.3 is 11.9 Å². The van der Waals surface area contributed by atoms with Gasteiger partial charge in [-0.05, 0) is 56.5 Å². The van der Waals surface area contributed by atoms with Crippen LogP contribution < -0.4 is 0 Å². The van der Waals surface area contributed by atoms with Gasteiger partial charge in [-0.3, -0.25) is 0 Å². The highest BCUT2D eigenvalue weighted by Crippen LogP contribution is 2.20. The predicted molar refractivity (Wildman–Crippen MR) is 124 cm³/mol. The molecule has 0 aliphatic carbocycles. The van der Waals surface area contributed by atoms with Gasteiger partial charge in [0.15, 0.2) is 0 Å². The molecule has 0 amide bonds. The molecule has 0 spiro atoms. The molecule has 170 valence electrons. The van der Waals surface area contributed by atoms with Gasteiger partial charge in [-0.2, -0.15) is 0 Å². The standard InChI is InChI=1S/C25H28O6S/c1-5-18(2)16-30-24(26)23(32(28,29)22-13-11-19(3)12-14-22)25(27)31-17-20(4)15-21-9-7-6-8-10-21/h5-15,23H,16-17H2,1-4H3/b18-5+,20-15+. The minimum Gasteiger partial charge on any atom is -0.460 e. The van der Waals surface area contributed by atoms with E-state index in [1.807, 2.05) is 36.4 Å². The smallest absolute Gasteiger partial charge is 0.336 e. The highest BCUT2D eigenvalue weighted by molar-refractivity contribution is 7.93. The molecule has 32 heavy (non-hydrogen) atoms. The Morgan fingerprint density at radius 2 is 1.41 bits per heavy atom. The number of esters is 2. The first kappa shape index (κ1) is 25.1. The van der Waals surface area contributed by atoms with Crippen LogP contribution in [0, 0.1) is 6.92 Å². The maximum absolute atomic E-state index is 13.1. The molecule has 0 aromatic heterocycles. The minimum atomic E-state index is -4.37. The Balaban J connectivity index is 2.26. The summed E-state index contributed by atoms with van der Waals surface area (Å²) in [5.74, 6) is -2.34. The van der Waals surface area contributed by atoms with E-state index in [2.05, 4.69) is 0 Å². The average Bonchev–Trinajstić information content (AvgIpc) is 2.77. The lowest BCUT2D eigenvalue weighted by atomic mass is 10.1. The maximum atomic E-state index is 13.1. The Morgan fingerprint density at radius 1 is 0.875 bits per heavy atom. The molecular formula is C25H28O6S. The molecule has 7 heteroatoms. The summed E-state index contributed by atoms with van der Waals surface area (Å²) in [5, 5.41) is -2.11. The monoisotopic (exact) mass is 456 g/mol. The van der Waals surface area contributed by atoms with Gasteiger partial charge in [0.2, 0.25) is 9.84 Å². The summed E-state index contributed by atoms with van der Waals surface area (Å²) in [6.45, 7) is 6.77. The molecule has 0 heterocycles. The van der Waals surface area contributed by atoms with Gasteiger partial charge in [-0.1, -0.05) is 60.2 Å². The van der Waals surface area contributed by atoms with E-state index in [-0.39, 0.29) is 18.1 Å². The lowest BCUT2D eigenvalue weighted by molar-refractivity contribution is -0.152. The number of hydrogen-bond acceptors (Lipinski definition) is 6. The lowest BCUT2D eigenvalue weighted by Gasteiger charge is -2.17. The van der Waals surface area contributed by atoms with Crippen LogP contribution in [0.1, 0.15) is 31.9 Å². The molecule has 2 aromatic rings. The molecule has 0 saturated carbocycles. The van der Waals surface area contributed by atoms with Crippen LogP contribution >= 0.6 is 0 Å². The quantitative estimate of drug-likeness (QED) is 0.318. The molecular weight excluding hydrogens is 428 g/mol. The SMILES string of the molecule is C/C=C(\C)COC(=O)C(C(=O)OC/C(C)=C/c1ccccc1)S(=O)(=O)c1ccc(C)cc1. The van der Waals surface area contributed by atoms with E-state index in [0.29, 0.717) is 5.57 Å². The number of aryl methyl sites for hydroxylation is 1. The molecule has 0 saturated heterocycles. The van der Waals surface area contributed by atoms with Crippen molar-refractivity contribution in [3.8, 4) is 0 Å². The van der Waals surface area contributed by atoms with Crippen molar-refractivity contribution in [2.24, 2.45) is 0 Å². The number of sulfone groups is 1. The first-order chi connectivity index (χ1) is 15.1. The minimum absolute atomic E-state index is 0.116. The normalized spacial score (nSPS) is 13.4. The van der Waals surface area contributed by atoms with Crippen molar-refractivity contribution in [2.75, 3.05) is 13.2 Å². The van der Waals surface area contributed by atoms with E-state index in [9.17, 15) is 18.0 Å². The van der Waals surface area contributed by atoms with Crippen molar-refractivity contribution in [3.63, 3.8) is 0 Å². The van der Waals surface area contributed by atoms with Crippen molar-refractivity contribution in [1.82, 2.24) is 0 Å². The molecule has 1 unspecified atom stereocenters. The second-order valence-corrected chi connectivity index (χ2v) is 9.52. The third-order valence-corrected chi connectivity index (χ3v) is 6.61. The Labute approximate surface area is 189 Å². The Kier molecular flexibility index (Phi) is 8.96. The molecule has 0 radical (unpaired) electrons. The zero-order chi connectivity index (χ0) is 23.7. The van der Waals surface area contributed by atoms with Gasteiger partial charge in [-0.15, -0.1) is 0 Å². The van der Waals surface area contributed by atoms with Crippen LogP contribution in [-0.2, 0) is 28.9 Å². The van der Waals surface area contributed by atoms with E-state index >= 15 is 0 Å². The maximum Gasteiger partial charge on any atom is 0.336 e. The van der Waals surface area contributed by atoms with Crippen LogP contribution in [0.2, 0.25) is 0 Å². The van der Waals surface area contributed by atoms with Gasteiger partial charge in [-0.25, -0.2) is 18.0 Å². The summed E-state index contributed by atoms with van der Waals surface area (Å²) in [7, 11) is -4.37. The van der Waals surface area contributed by atoms with Crippen LogP contribution in [-0.4, -0.2) is 38.8 Å². The van der Waals surface area contributed by atoms with E-state index in [4.69, 9.17) is 9.47 Å². The van der Waals surface area contributed by atoms with Crippen LogP contribution in [0.25, 0.3) is 6.08 Å². The van der Waals surface area contributed by atoms with Crippen molar-refractivity contribution in [2.45, 2.75) is 37.8 Å². The molecule has 0 aliphatic rings. The number of carbonyl (C=O) groups excluding carboxylic acids is 2. The fraction of sp³-hybridized carbons (Fsp3) is 0.280. The number of carbonyl (C=O) groups is 2. The van der Waals surface area contributed by atoms with Gasteiger partial charge in [0.1, 0.15) is 13.2 Å². The van der Waals surface area contributed by atoms with Crippen LogP contribution in [0.15, 0.2) is 76.7 Å². The van der Waals surface area contributed by atoms with E-state index in [1.54, 1.807) is 45.9 Å². The van der Waals surface area contributed by atoms with Gasteiger partial charge in [0, 0.05) is 0 Å². The third-order valence-electron chi connectivity index (χ3n) is 4.68. The van der Waals surface area contributed by atoms with E-state index in [1.165, 1.54) is 12.1 Å². The average molecular weight is 457 g/mol. The van der Waals surface area contributed by atoms with Crippen molar-refractivity contribution in [1.29, 1.82) is 0 Å². The summed E-state index contributed by atoms with van der Waals surface area (Å²) in [5.41, 5.74) is 3.16. The van der Waals surface area contributed by atoms with E-state index in [0.717, 1.165) is 16.7 Å². The molecule has 0 bridgehead atoms. The summed E-state index contributed by atoms with van der Waals surface area (Å²) in [6.07, 6.45) is 3.54. The fourth-order valence-corrected chi connectivity index (χ4v) is 4.12. The second kappa shape index (κ2) is 11.4. The van der Waals surface area contributed by atoms with E-state index < -0.39 is 27.0 Å². The Bertz CT molecular complexity index is 1100. The van der Waals surface area contributed by atoms with Crippen LogP contribution in [0.4, 0.5) is 0 Å². The van der Waals surface area contributed by atoms with Crippen molar-refractivity contribution in [3.05, 3.63) is 82.9 Å². The molecule has 1 atom stereocenters. The number of ether oxygens (including phenoxy) is 2. The molecule has 0 N–H and O–H groups in total. The van der Waals surface area contributed by atoms with Crippen molar-refractivity contribution < 1.29 is 27.5 Å².